The summed E-state index contributed by atoms with van der Waals surface area (Å²) < 4.78 is 1.59. The third-order valence-corrected chi connectivity index (χ3v) is 4.44. The number of benzene rings is 1. The Morgan fingerprint density at radius 3 is 2.79 bits per heavy atom. The molecule has 0 aliphatic carbocycles. The zero-order valence-corrected chi connectivity index (χ0v) is 13.2. The minimum Gasteiger partial charge on any atom is -0.480 e. The highest BCUT2D eigenvalue weighted by molar-refractivity contribution is 8.18. The van der Waals surface area contributed by atoms with Crippen LogP contribution >= 0.6 is 11.8 Å². The molecule has 2 aromatic rings. The molecule has 24 heavy (non-hydrogen) atoms. The Morgan fingerprint density at radius 2 is 2.08 bits per heavy atom. The number of carbonyl (C=O) groups excluding carboxylic acids is 2. The molecule has 0 spiro atoms. The second-order valence-corrected chi connectivity index (χ2v) is 6.09. The lowest BCUT2D eigenvalue weighted by Gasteiger charge is -2.06. The highest BCUT2D eigenvalue weighted by Crippen LogP contribution is 2.33. The van der Waals surface area contributed by atoms with E-state index < -0.39 is 17.1 Å². The number of carboxylic acids is 1. The molecule has 1 aromatic heterocycles. The predicted octanol–water partition coefficient (Wildman–Crippen LogP) is 2.40. The largest absolute Gasteiger partial charge is 0.480 e. The number of aromatic nitrogens is 1. The number of amides is 2. The average molecular weight is 340 g/mol. The lowest BCUT2D eigenvalue weighted by Crippen LogP contribution is -2.28. The Bertz CT molecular complexity index is 936. The van der Waals surface area contributed by atoms with Gasteiger partial charge < -0.3 is 9.67 Å². The van der Waals surface area contributed by atoms with Gasteiger partial charge in [0.05, 0.1) is 11.4 Å². The third-order valence-electron chi connectivity index (χ3n) is 3.53. The highest BCUT2D eigenvalue weighted by Gasteiger charge is 2.34. The number of terminal acetylenes is 1. The molecule has 1 aliphatic rings. The number of hydrogen-bond acceptors (Lipinski definition) is 4. The van der Waals surface area contributed by atoms with Crippen LogP contribution in [0.1, 0.15) is 5.56 Å². The number of imide groups is 1. The van der Waals surface area contributed by atoms with E-state index >= 15 is 0 Å². The summed E-state index contributed by atoms with van der Waals surface area (Å²) in [6.07, 6.45) is 8.43. The van der Waals surface area contributed by atoms with Crippen LogP contribution in [0.3, 0.4) is 0 Å². The number of carbonyl (C=O) groups is 3. The Labute approximate surface area is 141 Å². The van der Waals surface area contributed by atoms with Gasteiger partial charge in [-0.25, -0.2) is 0 Å². The third kappa shape index (κ3) is 2.79. The molecule has 0 atom stereocenters. The number of aliphatic carboxylic acids is 1. The van der Waals surface area contributed by atoms with Gasteiger partial charge in [0.2, 0.25) is 0 Å². The summed E-state index contributed by atoms with van der Waals surface area (Å²) in [6, 6.07) is 7.28. The van der Waals surface area contributed by atoms with E-state index in [0.717, 1.165) is 27.6 Å². The molecule has 0 unspecified atom stereocenters. The number of hydrogen-bond donors (Lipinski definition) is 1. The summed E-state index contributed by atoms with van der Waals surface area (Å²) in [5.41, 5.74) is 1.42. The van der Waals surface area contributed by atoms with Crippen molar-refractivity contribution in [1.82, 2.24) is 9.47 Å². The minimum absolute atomic E-state index is 0.0667. The maximum absolute atomic E-state index is 12.3. The van der Waals surface area contributed by atoms with Crippen LogP contribution in [-0.4, -0.2) is 38.2 Å². The molecule has 0 radical (unpaired) electrons. The highest BCUT2D eigenvalue weighted by atomic mass is 32.2. The summed E-state index contributed by atoms with van der Waals surface area (Å²) in [7, 11) is 0. The maximum Gasteiger partial charge on any atom is 0.323 e. The van der Waals surface area contributed by atoms with Gasteiger partial charge in [-0.05, 0) is 23.9 Å². The van der Waals surface area contributed by atoms with Gasteiger partial charge in [-0.2, -0.15) is 0 Å². The van der Waals surface area contributed by atoms with Gasteiger partial charge in [0.15, 0.2) is 0 Å². The topological polar surface area (TPSA) is 79.6 Å². The van der Waals surface area contributed by atoms with Gasteiger partial charge in [0, 0.05) is 22.7 Å². The Hall–Kier alpha value is -2.98. The van der Waals surface area contributed by atoms with Crippen molar-refractivity contribution in [3.8, 4) is 12.3 Å². The van der Waals surface area contributed by atoms with Gasteiger partial charge in [-0.1, -0.05) is 24.1 Å². The zero-order valence-electron chi connectivity index (χ0n) is 12.4. The molecule has 0 saturated carbocycles. The first kappa shape index (κ1) is 15.9. The number of nitrogens with zero attached hydrogens (tertiary/aromatic N) is 2. The second-order valence-electron chi connectivity index (χ2n) is 5.10. The molecule has 0 bridgehead atoms. The van der Waals surface area contributed by atoms with E-state index in [-0.39, 0.29) is 18.0 Å². The van der Waals surface area contributed by atoms with E-state index in [9.17, 15) is 14.4 Å². The van der Waals surface area contributed by atoms with E-state index in [0.29, 0.717) is 5.56 Å². The minimum atomic E-state index is -0.961. The van der Waals surface area contributed by atoms with E-state index in [1.807, 2.05) is 18.2 Å². The number of rotatable bonds is 4. The molecule has 1 fully saturated rings. The van der Waals surface area contributed by atoms with Crippen molar-refractivity contribution in [3.05, 3.63) is 40.9 Å². The van der Waals surface area contributed by atoms with Crippen molar-refractivity contribution < 1.29 is 19.5 Å². The smallest absolute Gasteiger partial charge is 0.323 e. The van der Waals surface area contributed by atoms with Crippen molar-refractivity contribution in [1.29, 1.82) is 0 Å². The van der Waals surface area contributed by atoms with Gasteiger partial charge in [0.25, 0.3) is 11.1 Å². The Balaban J connectivity index is 2.05. The van der Waals surface area contributed by atoms with Crippen LogP contribution < -0.4 is 0 Å². The van der Waals surface area contributed by atoms with Crippen LogP contribution in [0, 0.1) is 12.3 Å². The zero-order chi connectivity index (χ0) is 17.3. The van der Waals surface area contributed by atoms with Crippen LogP contribution in [0.5, 0.6) is 0 Å². The molecule has 1 aromatic carbocycles. The van der Waals surface area contributed by atoms with Crippen LogP contribution in [0.2, 0.25) is 0 Å². The summed E-state index contributed by atoms with van der Waals surface area (Å²) in [5.74, 6) is 0.891. The van der Waals surface area contributed by atoms with Gasteiger partial charge in [-0.15, -0.1) is 6.42 Å². The molecular formula is C17H12N2O4S. The maximum atomic E-state index is 12.3. The van der Waals surface area contributed by atoms with E-state index in [1.54, 1.807) is 22.9 Å². The predicted molar refractivity (Wildman–Crippen MR) is 91.1 cm³/mol. The molecule has 6 nitrogen and oxygen atoms in total. The molecule has 3 rings (SSSR count). The quantitative estimate of drug-likeness (QED) is 0.683. The van der Waals surface area contributed by atoms with E-state index in [2.05, 4.69) is 5.92 Å². The van der Waals surface area contributed by atoms with Crippen molar-refractivity contribution in [3.63, 3.8) is 0 Å². The standard InChI is InChI=1S/C17H12N2O4S/c1-2-7-19-16(22)14(24-17(19)23)8-11-9-18(10-15(20)21)13-6-4-3-5-12(11)13/h1,3-6,8-9H,7,10H2,(H,20,21)/b14-8+. The summed E-state index contributed by atoms with van der Waals surface area (Å²) in [5, 5.41) is 9.43. The van der Waals surface area contributed by atoms with Crippen LogP contribution in [0.4, 0.5) is 4.79 Å². The van der Waals surface area contributed by atoms with Crippen LogP contribution in [0.15, 0.2) is 35.4 Å². The lowest BCUT2D eigenvalue weighted by atomic mass is 10.1. The Kier molecular flexibility index (Phi) is 4.15. The van der Waals surface area contributed by atoms with Crippen molar-refractivity contribution >= 4 is 45.9 Å². The first-order valence-electron chi connectivity index (χ1n) is 6.99. The SMILES string of the molecule is C#CCN1C(=O)S/C(=C/c2cn(CC(=O)O)c3ccccc23)C1=O. The van der Waals surface area contributed by atoms with E-state index in [4.69, 9.17) is 11.5 Å². The second kappa shape index (κ2) is 6.26. The lowest BCUT2D eigenvalue weighted by molar-refractivity contribution is -0.137. The van der Waals surface area contributed by atoms with Gasteiger partial charge >= 0.3 is 5.97 Å². The molecule has 1 aliphatic heterocycles. The van der Waals surface area contributed by atoms with Crippen molar-refractivity contribution in [2.75, 3.05) is 6.54 Å². The molecular weight excluding hydrogens is 328 g/mol. The summed E-state index contributed by atoms with van der Waals surface area (Å²) in [6.45, 7) is -0.254. The fourth-order valence-corrected chi connectivity index (χ4v) is 3.36. The van der Waals surface area contributed by atoms with Gasteiger partial charge in [-0.3, -0.25) is 19.3 Å². The number of carboxylic acid groups (broad SMARTS) is 1. The number of thioether (sulfide) groups is 1. The summed E-state index contributed by atoms with van der Waals surface area (Å²) in [4.78, 5) is 36.4. The molecule has 7 heteroatoms. The van der Waals surface area contributed by atoms with Crippen molar-refractivity contribution in [2.24, 2.45) is 0 Å². The first-order chi connectivity index (χ1) is 11.5. The molecule has 1 N–H and O–H groups in total. The molecule has 2 amide bonds. The number of para-hydroxylation sites is 1. The van der Waals surface area contributed by atoms with Crippen LogP contribution in [0.25, 0.3) is 17.0 Å². The average Bonchev–Trinajstić information content (AvgIpc) is 3.01. The normalized spacial score (nSPS) is 16.1. The van der Waals surface area contributed by atoms with Crippen LogP contribution in [-0.2, 0) is 16.1 Å². The van der Waals surface area contributed by atoms with Gasteiger partial charge in [0.1, 0.15) is 6.54 Å². The Morgan fingerprint density at radius 1 is 1.33 bits per heavy atom. The molecule has 120 valence electrons. The summed E-state index contributed by atoms with van der Waals surface area (Å²) >= 11 is 0.826. The first-order valence-corrected chi connectivity index (χ1v) is 7.81. The van der Waals surface area contributed by atoms with Crippen molar-refractivity contribution in [2.45, 2.75) is 6.54 Å². The van der Waals surface area contributed by atoms with E-state index in [1.165, 1.54) is 0 Å². The monoisotopic (exact) mass is 340 g/mol. The fourth-order valence-electron chi connectivity index (χ4n) is 2.54. The fraction of sp³-hybridized carbons (Fsp3) is 0.118. The molecule has 1 saturated heterocycles. The number of fused-ring (bicyclic) bond motifs is 1. The molecule has 2 heterocycles.